The van der Waals surface area contributed by atoms with Crippen LogP contribution in [-0.2, 0) is 7.05 Å². The molecule has 0 atom stereocenters. The van der Waals surface area contributed by atoms with E-state index in [2.05, 4.69) is 10.1 Å². The maximum atomic E-state index is 11.0. The van der Waals surface area contributed by atoms with Crippen molar-refractivity contribution in [1.82, 2.24) is 14.8 Å². The van der Waals surface area contributed by atoms with Crippen LogP contribution >= 0.6 is 0 Å². The predicted molar refractivity (Wildman–Crippen MR) is 50.4 cm³/mol. The average Bonchev–Trinajstić information content (AvgIpc) is 2.75. The van der Waals surface area contributed by atoms with Gasteiger partial charge in [-0.3, -0.25) is 4.68 Å². The lowest BCUT2D eigenvalue weighted by molar-refractivity contribution is 0.0696. The van der Waals surface area contributed by atoms with Gasteiger partial charge in [0.15, 0.2) is 5.69 Å². The number of aromatic nitrogens is 3. The molecule has 0 aromatic carbocycles. The highest BCUT2D eigenvalue weighted by Crippen LogP contribution is 2.23. The molecule has 6 heteroatoms. The molecule has 2 aromatic heterocycles. The third kappa shape index (κ3) is 1.39. The summed E-state index contributed by atoms with van der Waals surface area (Å²) < 4.78 is 6.52. The molecule has 0 saturated carbocycles. The first-order chi connectivity index (χ1) is 7.11. The van der Waals surface area contributed by atoms with E-state index in [1.807, 2.05) is 0 Å². The molecule has 2 aromatic rings. The lowest BCUT2D eigenvalue weighted by Crippen LogP contribution is -2.00. The highest BCUT2D eigenvalue weighted by Gasteiger charge is 2.22. The number of hydrogen-bond donors (Lipinski definition) is 1. The lowest BCUT2D eigenvalue weighted by Gasteiger charge is -1.93. The van der Waals surface area contributed by atoms with Gasteiger partial charge >= 0.3 is 5.97 Å². The first-order valence-corrected chi connectivity index (χ1v) is 4.28. The summed E-state index contributed by atoms with van der Waals surface area (Å²) in [6.07, 6.45) is 2.83. The van der Waals surface area contributed by atoms with Crippen LogP contribution in [0.3, 0.4) is 0 Å². The number of aryl methyl sites for hydroxylation is 1. The van der Waals surface area contributed by atoms with E-state index in [9.17, 15) is 4.79 Å². The second kappa shape index (κ2) is 3.23. The van der Waals surface area contributed by atoms with Crippen LogP contribution in [0, 0.1) is 6.92 Å². The molecule has 6 nitrogen and oxygen atoms in total. The number of oxazole rings is 1. The SMILES string of the molecule is Cc1c(C(=O)O)c(-c2ncco2)nn1C. The summed E-state index contributed by atoms with van der Waals surface area (Å²) in [6.45, 7) is 1.68. The number of aromatic carboxylic acids is 1. The van der Waals surface area contributed by atoms with E-state index >= 15 is 0 Å². The lowest BCUT2D eigenvalue weighted by atomic mass is 10.2. The molecule has 0 radical (unpaired) electrons. The van der Waals surface area contributed by atoms with Gasteiger partial charge in [-0.25, -0.2) is 9.78 Å². The summed E-state index contributed by atoms with van der Waals surface area (Å²) in [6, 6.07) is 0. The van der Waals surface area contributed by atoms with Crippen molar-refractivity contribution in [2.24, 2.45) is 7.05 Å². The van der Waals surface area contributed by atoms with E-state index in [0.717, 1.165) is 0 Å². The van der Waals surface area contributed by atoms with E-state index in [4.69, 9.17) is 9.52 Å². The molecule has 0 amide bonds. The molecule has 2 rings (SSSR count). The van der Waals surface area contributed by atoms with E-state index in [1.54, 1.807) is 14.0 Å². The summed E-state index contributed by atoms with van der Waals surface area (Å²) in [5.41, 5.74) is 0.947. The number of carboxylic acids is 1. The van der Waals surface area contributed by atoms with Gasteiger partial charge in [-0.05, 0) is 6.92 Å². The first-order valence-electron chi connectivity index (χ1n) is 4.28. The molecule has 2 heterocycles. The molecule has 0 saturated heterocycles. The molecule has 0 bridgehead atoms. The van der Waals surface area contributed by atoms with Crippen LogP contribution in [0.1, 0.15) is 16.1 Å². The van der Waals surface area contributed by atoms with Gasteiger partial charge in [0.05, 0.1) is 11.9 Å². The number of nitrogens with zero attached hydrogens (tertiary/aromatic N) is 3. The highest BCUT2D eigenvalue weighted by molar-refractivity contribution is 5.95. The highest BCUT2D eigenvalue weighted by atomic mass is 16.4. The zero-order chi connectivity index (χ0) is 11.0. The van der Waals surface area contributed by atoms with Crippen molar-refractivity contribution in [3.8, 4) is 11.6 Å². The van der Waals surface area contributed by atoms with Crippen LogP contribution in [0.2, 0.25) is 0 Å². The molecule has 1 N–H and O–H groups in total. The third-order valence-corrected chi connectivity index (χ3v) is 2.18. The van der Waals surface area contributed by atoms with Crippen molar-refractivity contribution in [2.75, 3.05) is 0 Å². The fraction of sp³-hybridized carbons (Fsp3) is 0.222. The van der Waals surface area contributed by atoms with Crippen LogP contribution in [0.5, 0.6) is 0 Å². The Morgan fingerprint density at radius 2 is 2.33 bits per heavy atom. The molecular formula is C9H9N3O3. The molecule has 78 valence electrons. The Morgan fingerprint density at radius 1 is 1.60 bits per heavy atom. The Morgan fingerprint density at radius 3 is 2.87 bits per heavy atom. The van der Waals surface area contributed by atoms with E-state index in [-0.39, 0.29) is 17.1 Å². The van der Waals surface area contributed by atoms with Crippen LogP contribution in [-0.4, -0.2) is 25.8 Å². The van der Waals surface area contributed by atoms with Crippen LogP contribution in [0.4, 0.5) is 0 Å². The molecular weight excluding hydrogens is 198 g/mol. The minimum atomic E-state index is -1.03. The van der Waals surface area contributed by atoms with Crippen molar-refractivity contribution < 1.29 is 14.3 Å². The maximum Gasteiger partial charge on any atom is 0.340 e. The maximum absolute atomic E-state index is 11.0. The largest absolute Gasteiger partial charge is 0.478 e. The van der Waals surface area contributed by atoms with Crippen LogP contribution in [0.15, 0.2) is 16.9 Å². The summed E-state index contributed by atoms with van der Waals surface area (Å²) in [5.74, 6) is -0.815. The number of carbonyl (C=O) groups is 1. The molecule has 0 aliphatic carbocycles. The van der Waals surface area contributed by atoms with Gasteiger partial charge in [-0.15, -0.1) is 0 Å². The molecule has 0 aliphatic rings. The van der Waals surface area contributed by atoms with Crippen molar-refractivity contribution in [3.63, 3.8) is 0 Å². The van der Waals surface area contributed by atoms with E-state index in [0.29, 0.717) is 5.69 Å². The van der Waals surface area contributed by atoms with Gasteiger partial charge in [-0.2, -0.15) is 5.10 Å². The van der Waals surface area contributed by atoms with Crippen molar-refractivity contribution in [2.45, 2.75) is 6.92 Å². The molecule has 0 spiro atoms. The topological polar surface area (TPSA) is 81.2 Å². The standard InChI is InChI=1S/C9H9N3O3/c1-5-6(9(13)14)7(11-12(5)2)8-10-3-4-15-8/h3-4H,1-2H3,(H,13,14). The number of rotatable bonds is 2. The van der Waals surface area contributed by atoms with Gasteiger partial charge in [0.1, 0.15) is 11.8 Å². The van der Waals surface area contributed by atoms with Crippen LogP contribution < -0.4 is 0 Å². The van der Waals surface area contributed by atoms with Crippen molar-refractivity contribution >= 4 is 5.97 Å². The van der Waals surface area contributed by atoms with Gasteiger partial charge in [0.2, 0.25) is 5.89 Å². The summed E-state index contributed by atoms with van der Waals surface area (Å²) in [7, 11) is 1.67. The predicted octanol–water partition coefficient (Wildman–Crippen LogP) is 1.08. The zero-order valence-corrected chi connectivity index (χ0v) is 8.26. The Balaban J connectivity index is 2.67. The van der Waals surface area contributed by atoms with Gasteiger partial charge in [-0.1, -0.05) is 0 Å². The minimum Gasteiger partial charge on any atom is -0.478 e. The van der Waals surface area contributed by atoms with Gasteiger partial charge < -0.3 is 9.52 Å². The monoisotopic (exact) mass is 207 g/mol. The number of hydrogen-bond acceptors (Lipinski definition) is 4. The second-order valence-corrected chi connectivity index (χ2v) is 3.08. The summed E-state index contributed by atoms with van der Waals surface area (Å²) in [4.78, 5) is 14.9. The smallest absolute Gasteiger partial charge is 0.340 e. The Kier molecular flexibility index (Phi) is 2.03. The third-order valence-electron chi connectivity index (χ3n) is 2.18. The van der Waals surface area contributed by atoms with E-state index in [1.165, 1.54) is 17.1 Å². The quantitative estimate of drug-likeness (QED) is 0.796. The molecule has 0 aliphatic heterocycles. The van der Waals surface area contributed by atoms with Gasteiger partial charge in [0, 0.05) is 7.05 Å². The fourth-order valence-corrected chi connectivity index (χ4v) is 1.35. The second-order valence-electron chi connectivity index (χ2n) is 3.08. The van der Waals surface area contributed by atoms with Crippen LogP contribution in [0.25, 0.3) is 11.6 Å². The van der Waals surface area contributed by atoms with Crippen molar-refractivity contribution in [1.29, 1.82) is 0 Å². The van der Waals surface area contributed by atoms with Crippen molar-refractivity contribution in [3.05, 3.63) is 23.7 Å². The first kappa shape index (κ1) is 9.45. The Bertz CT molecular complexity index is 499. The summed E-state index contributed by atoms with van der Waals surface area (Å²) >= 11 is 0. The minimum absolute atomic E-state index is 0.125. The fourth-order valence-electron chi connectivity index (χ4n) is 1.35. The Labute approximate surface area is 85.2 Å². The zero-order valence-electron chi connectivity index (χ0n) is 8.26. The molecule has 0 unspecified atom stereocenters. The normalized spacial score (nSPS) is 10.5. The summed E-state index contributed by atoms with van der Waals surface area (Å²) in [5, 5.41) is 13.1. The Hall–Kier alpha value is -2.11. The molecule has 15 heavy (non-hydrogen) atoms. The van der Waals surface area contributed by atoms with Gasteiger partial charge in [0.25, 0.3) is 0 Å². The van der Waals surface area contributed by atoms with E-state index < -0.39 is 5.97 Å². The number of carboxylic acid groups (broad SMARTS) is 1. The molecule has 0 fully saturated rings. The average molecular weight is 207 g/mol.